The van der Waals surface area contributed by atoms with Crippen LogP contribution in [0, 0.1) is 0 Å². The number of nitrogens with one attached hydrogen (secondary N) is 1. The third kappa shape index (κ3) is 2.32. The molecule has 2 amide bonds. The van der Waals surface area contributed by atoms with Gasteiger partial charge in [-0.15, -0.1) is 0 Å². The van der Waals surface area contributed by atoms with Crippen molar-refractivity contribution in [3.8, 4) is 0 Å². The van der Waals surface area contributed by atoms with Crippen molar-refractivity contribution in [1.29, 1.82) is 0 Å². The minimum Gasteiger partial charge on any atom is -0.331 e. The monoisotopic (exact) mass is 186 g/mol. The van der Waals surface area contributed by atoms with Gasteiger partial charge in [0, 0.05) is 39.9 Å². The molecule has 1 heterocycles. The van der Waals surface area contributed by atoms with E-state index in [-0.39, 0.29) is 6.03 Å². The maximum Gasteiger partial charge on any atom is 0.319 e. The van der Waals surface area contributed by atoms with Gasteiger partial charge in [-0.25, -0.2) is 4.79 Å². The Bertz CT molecular complexity index is 183. The lowest BCUT2D eigenvalue weighted by molar-refractivity contribution is 0.0949. The lowest BCUT2D eigenvalue weighted by Crippen LogP contribution is -2.58. The fourth-order valence-corrected chi connectivity index (χ4v) is 1.41. The number of hydrogen-bond donors (Lipinski definition) is 2. The Morgan fingerprint density at radius 1 is 1.69 bits per heavy atom. The highest BCUT2D eigenvalue weighted by molar-refractivity contribution is 5.75. The van der Waals surface area contributed by atoms with Gasteiger partial charge in [0.05, 0.1) is 0 Å². The summed E-state index contributed by atoms with van der Waals surface area (Å²) in [5.74, 6) is 0. The van der Waals surface area contributed by atoms with Crippen LogP contribution in [0.5, 0.6) is 0 Å². The second-order valence-electron chi connectivity index (χ2n) is 3.47. The van der Waals surface area contributed by atoms with E-state index in [0.717, 1.165) is 19.5 Å². The number of rotatable bonds is 3. The van der Waals surface area contributed by atoms with Crippen molar-refractivity contribution in [2.45, 2.75) is 12.5 Å². The summed E-state index contributed by atoms with van der Waals surface area (Å²) in [6, 6.07) is 0.425. The number of carbonyl (C=O) groups is 1. The SMILES string of the molecule is CN(C)C(=O)N1CCC1CNCN. The van der Waals surface area contributed by atoms with Gasteiger partial charge in [-0.1, -0.05) is 0 Å². The van der Waals surface area contributed by atoms with Crippen LogP contribution in [0.2, 0.25) is 0 Å². The number of nitrogens with zero attached hydrogens (tertiary/aromatic N) is 2. The van der Waals surface area contributed by atoms with Crippen molar-refractivity contribution in [1.82, 2.24) is 15.1 Å². The van der Waals surface area contributed by atoms with Crippen LogP contribution >= 0.6 is 0 Å². The Morgan fingerprint density at radius 2 is 2.38 bits per heavy atom. The smallest absolute Gasteiger partial charge is 0.319 e. The Labute approximate surface area is 78.9 Å². The molecule has 0 spiro atoms. The summed E-state index contributed by atoms with van der Waals surface area (Å²) in [7, 11) is 3.54. The van der Waals surface area contributed by atoms with E-state index < -0.39 is 0 Å². The molecule has 0 aromatic rings. The average Bonchev–Trinajstić information content (AvgIpc) is 2.03. The van der Waals surface area contributed by atoms with Crippen LogP contribution in [0.1, 0.15) is 6.42 Å². The van der Waals surface area contributed by atoms with Crippen LogP contribution in [0.4, 0.5) is 4.79 Å². The molecule has 0 aromatic carbocycles. The number of carbonyl (C=O) groups excluding carboxylic acids is 1. The summed E-state index contributed by atoms with van der Waals surface area (Å²) in [5, 5.41) is 3.04. The molecule has 1 rings (SSSR count). The molecule has 1 unspecified atom stereocenters. The van der Waals surface area contributed by atoms with Crippen LogP contribution in [-0.2, 0) is 0 Å². The molecule has 1 saturated heterocycles. The molecule has 5 heteroatoms. The van der Waals surface area contributed by atoms with Gasteiger partial charge in [0.25, 0.3) is 0 Å². The van der Waals surface area contributed by atoms with Gasteiger partial charge in [0.15, 0.2) is 0 Å². The van der Waals surface area contributed by atoms with Gasteiger partial charge in [-0.2, -0.15) is 0 Å². The van der Waals surface area contributed by atoms with Crippen LogP contribution in [0.25, 0.3) is 0 Å². The molecule has 13 heavy (non-hydrogen) atoms. The Morgan fingerprint density at radius 3 is 2.77 bits per heavy atom. The number of likely N-dealkylation sites (tertiary alicyclic amines) is 1. The predicted molar refractivity (Wildman–Crippen MR) is 51.3 cm³/mol. The zero-order valence-electron chi connectivity index (χ0n) is 8.29. The molecule has 5 nitrogen and oxygen atoms in total. The van der Waals surface area contributed by atoms with E-state index in [0.29, 0.717) is 12.7 Å². The molecule has 1 aliphatic heterocycles. The zero-order valence-corrected chi connectivity index (χ0v) is 8.29. The second kappa shape index (κ2) is 4.43. The fraction of sp³-hybridized carbons (Fsp3) is 0.875. The van der Waals surface area contributed by atoms with Crippen molar-refractivity contribution in [2.75, 3.05) is 33.9 Å². The van der Waals surface area contributed by atoms with Gasteiger partial charge in [0.2, 0.25) is 0 Å². The lowest BCUT2D eigenvalue weighted by Gasteiger charge is -2.42. The molecule has 0 aliphatic carbocycles. The van der Waals surface area contributed by atoms with Crippen LogP contribution in [0.15, 0.2) is 0 Å². The summed E-state index contributed by atoms with van der Waals surface area (Å²) in [5.41, 5.74) is 5.31. The molecule has 0 saturated carbocycles. The molecular formula is C8H18N4O. The number of nitrogens with two attached hydrogens (primary N) is 1. The Kier molecular flexibility index (Phi) is 3.50. The summed E-state index contributed by atoms with van der Waals surface area (Å²) in [6.07, 6.45) is 1.08. The van der Waals surface area contributed by atoms with Gasteiger partial charge in [-0.05, 0) is 6.42 Å². The number of amides is 2. The topological polar surface area (TPSA) is 61.6 Å². The highest BCUT2D eigenvalue weighted by Crippen LogP contribution is 2.17. The molecule has 0 bridgehead atoms. The first-order valence-corrected chi connectivity index (χ1v) is 4.55. The molecule has 0 radical (unpaired) electrons. The Hall–Kier alpha value is -0.810. The third-order valence-corrected chi connectivity index (χ3v) is 2.30. The molecule has 3 N–H and O–H groups in total. The molecular weight excluding hydrogens is 168 g/mol. The van der Waals surface area contributed by atoms with Crippen LogP contribution in [-0.4, -0.2) is 55.7 Å². The first-order valence-electron chi connectivity index (χ1n) is 4.55. The standard InChI is InChI=1S/C8H18N4O/c1-11(2)8(13)12-4-3-7(12)5-10-6-9/h7,10H,3-6,9H2,1-2H3. The van der Waals surface area contributed by atoms with E-state index >= 15 is 0 Å². The molecule has 0 aromatic heterocycles. The van der Waals surface area contributed by atoms with Gasteiger partial charge >= 0.3 is 6.03 Å². The highest BCUT2D eigenvalue weighted by atomic mass is 16.2. The van der Waals surface area contributed by atoms with Crippen molar-refractivity contribution < 1.29 is 4.79 Å². The van der Waals surface area contributed by atoms with Crippen molar-refractivity contribution in [3.63, 3.8) is 0 Å². The number of urea groups is 1. The van der Waals surface area contributed by atoms with E-state index in [4.69, 9.17) is 5.73 Å². The minimum atomic E-state index is 0.0927. The molecule has 1 atom stereocenters. The highest BCUT2D eigenvalue weighted by Gasteiger charge is 2.32. The van der Waals surface area contributed by atoms with Crippen molar-refractivity contribution >= 4 is 6.03 Å². The summed E-state index contributed by atoms with van der Waals surface area (Å²) in [4.78, 5) is 15.0. The van der Waals surface area contributed by atoms with Crippen molar-refractivity contribution in [2.24, 2.45) is 5.73 Å². The number of hydrogen-bond acceptors (Lipinski definition) is 3. The van der Waals surface area contributed by atoms with E-state index in [1.54, 1.807) is 19.0 Å². The van der Waals surface area contributed by atoms with E-state index in [2.05, 4.69) is 5.32 Å². The van der Waals surface area contributed by atoms with Crippen LogP contribution in [0.3, 0.4) is 0 Å². The summed E-state index contributed by atoms with van der Waals surface area (Å²) >= 11 is 0. The first-order chi connectivity index (χ1) is 6.16. The summed E-state index contributed by atoms with van der Waals surface area (Å²) < 4.78 is 0. The van der Waals surface area contributed by atoms with E-state index in [1.807, 2.05) is 4.90 Å². The average molecular weight is 186 g/mol. The minimum absolute atomic E-state index is 0.0927. The van der Waals surface area contributed by atoms with E-state index in [9.17, 15) is 4.79 Å². The largest absolute Gasteiger partial charge is 0.331 e. The first kappa shape index (κ1) is 10.3. The summed E-state index contributed by atoms with van der Waals surface area (Å²) in [6.45, 7) is 2.14. The second-order valence-corrected chi connectivity index (χ2v) is 3.47. The van der Waals surface area contributed by atoms with E-state index in [1.165, 1.54) is 0 Å². The lowest BCUT2D eigenvalue weighted by atomic mass is 10.0. The Balaban J connectivity index is 2.31. The quantitative estimate of drug-likeness (QED) is 0.570. The predicted octanol–water partition coefficient (Wildman–Crippen LogP) is -0.752. The third-order valence-electron chi connectivity index (χ3n) is 2.30. The maximum atomic E-state index is 11.5. The van der Waals surface area contributed by atoms with Gasteiger partial charge in [0.1, 0.15) is 0 Å². The molecule has 1 fully saturated rings. The van der Waals surface area contributed by atoms with Crippen LogP contribution < -0.4 is 11.1 Å². The molecule has 1 aliphatic rings. The van der Waals surface area contributed by atoms with Crippen molar-refractivity contribution in [3.05, 3.63) is 0 Å². The normalized spacial score (nSPS) is 21.2. The maximum absolute atomic E-state index is 11.5. The molecule has 76 valence electrons. The van der Waals surface area contributed by atoms with Gasteiger partial charge in [-0.3, -0.25) is 0 Å². The zero-order chi connectivity index (χ0) is 9.84. The fourth-order valence-electron chi connectivity index (χ4n) is 1.41. The van der Waals surface area contributed by atoms with Gasteiger partial charge < -0.3 is 20.9 Å².